The van der Waals surface area contributed by atoms with Gasteiger partial charge in [-0.1, -0.05) is 0 Å². The van der Waals surface area contributed by atoms with E-state index in [0.717, 1.165) is 0 Å². The van der Waals surface area contributed by atoms with Crippen LogP contribution in [0.3, 0.4) is 0 Å². The molecule has 7 nitrogen and oxygen atoms in total. The quantitative estimate of drug-likeness (QED) is 0.780. The van der Waals surface area contributed by atoms with Gasteiger partial charge in [-0.05, 0) is 34.6 Å². The predicted octanol–water partition coefficient (Wildman–Crippen LogP) is 0.119. The third-order valence-corrected chi connectivity index (χ3v) is 6.37. The summed E-state index contributed by atoms with van der Waals surface area (Å²) in [6, 6.07) is -0.109. The van der Waals surface area contributed by atoms with E-state index in [2.05, 4.69) is 4.90 Å². The molecule has 2 heterocycles. The molecule has 1 unspecified atom stereocenters. The first-order valence-corrected chi connectivity index (χ1v) is 9.66. The van der Waals surface area contributed by atoms with Gasteiger partial charge in [-0.2, -0.15) is 17.0 Å². The molecule has 0 aromatic heterocycles. The second kappa shape index (κ2) is 6.57. The molecule has 0 bridgehead atoms. The molecule has 136 valence electrons. The number of morpholine rings is 1. The summed E-state index contributed by atoms with van der Waals surface area (Å²) in [5.74, 6) is 0. The topological polar surface area (TPSA) is 73.3 Å². The Morgan fingerprint density at radius 1 is 1.26 bits per heavy atom. The van der Waals surface area contributed by atoms with E-state index in [1.165, 1.54) is 0 Å². The van der Waals surface area contributed by atoms with Crippen LogP contribution in [0.2, 0.25) is 0 Å². The predicted molar refractivity (Wildman–Crippen MR) is 89.4 cm³/mol. The van der Waals surface area contributed by atoms with Crippen LogP contribution in [0, 0.1) is 0 Å². The van der Waals surface area contributed by atoms with Crippen molar-refractivity contribution in [3.05, 3.63) is 0 Å². The van der Waals surface area contributed by atoms with Gasteiger partial charge in [0.05, 0.1) is 17.8 Å². The first-order valence-electron chi connectivity index (χ1n) is 8.26. The molecule has 1 atom stereocenters. The second-order valence-corrected chi connectivity index (χ2v) is 9.84. The van der Waals surface area contributed by atoms with Crippen LogP contribution >= 0.6 is 0 Å². The van der Waals surface area contributed by atoms with Crippen molar-refractivity contribution in [2.24, 2.45) is 0 Å². The molecule has 0 aromatic carbocycles. The smallest absolute Gasteiger partial charge is 0.282 e. The van der Waals surface area contributed by atoms with Crippen LogP contribution in [0.25, 0.3) is 0 Å². The van der Waals surface area contributed by atoms with Crippen LogP contribution in [0.4, 0.5) is 0 Å². The standard InChI is InChI=1S/C15H31N3O4S/c1-13-10-16(11-14(2,3)19)6-7-18(13)23(20,21)17-8-9-22-15(4,5)12-17/h13,19H,6-12H2,1-5H3. The van der Waals surface area contributed by atoms with Gasteiger partial charge in [0.25, 0.3) is 10.2 Å². The van der Waals surface area contributed by atoms with Gasteiger partial charge in [-0.3, -0.25) is 4.90 Å². The van der Waals surface area contributed by atoms with Crippen LogP contribution in [0.1, 0.15) is 34.6 Å². The zero-order valence-corrected chi connectivity index (χ0v) is 15.8. The van der Waals surface area contributed by atoms with Gasteiger partial charge in [0.15, 0.2) is 0 Å². The number of ether oxygens (including phenoxy) is 1. The number of rotatable bonds is 4. The summed E-state index contributed by atoms with van der Waals surface area (Å²) in [5, 5.41) is 9.95. The summed E-state index contributed by atoms with van der Waals surface area (Å²) < 4.78 is 34.7. The van der Waals surface area contributed by atoms with E-state index in [0.29, 0.717) is 45.9 Å². The number of nitrogens with zero attached hydrogens (tertiary/aromatic N) is 3. The lowest BCUT2D eigenvalue weighted by Gasteiger charge is -2.44. The Labute approximate surface area is 140 Å². The van der Waals surface area contributed by atoms with Crippen LogP contribution in [-0.4, -0.2) is 90.2 Å². The first kappa shape index (κ1) is 19.1. The number of β-amino-alcohol motifs (C(OH)–C–C–N with tert-alkyl or cyclic N) is 1. The highest BCUT2D eigenvalue weighted by Gasteiger charge is 2.41. The Morgan fingerprint density at radius 3 is 2.43 bits per heavy atom. The van der Waals surface area contributed by atoms with Crippen molar-refractivity contribution in [1.29, 1.82) is 0 Å². The molecule has 8 heteroatoms. The molecule has 0 aromatic rings. The lowest BCUT2D eigenvalue weighted by atomic mass is 10.1. The SMILES string of the molecule is CC1CN(CC(C)(C)O)CCN1S(=O)(=O)N1CCOC(C)(C)C1. The maximum absolute atomic E-state index is 13.0. The van der Waals surface area contributed by atoms with Gasteiger partial charge in [-0.25, -0.2) is 0 Å². The first-order chi connectivity index (χ1) is 10.4. The van der Waals surface area contributed by atoms with E-state index in [9.17, 15) is 13.5 Å². The molecule has 2 aliphatic rings. The van der Waals surface area contributed by atoms with Gasteiger partial charge in [0.1, 0.15) is 0 Å². The summed E-state index contributed by atoms with van der Waals surface area (Å²) >= 11 is 0. The van der Waals surface area contributed by atoms with Crippen molar-refractivity contribution < 1.29 is 18.3 Å². The fourth-order valence-corrected chi connectivity index (χ4v) is 5.28. The number of hydrogen-bond acceptors (Lipinski definition) is 5. The number of hydrogen-bond donors (Lipinski definition) is 1. The molecule has 0 amide bonds. The van der Waals surface area contributed by atoms with Gasteiger partial charge in [0.2, 0.25) is 0 Å². The Bertz CT molecular complexity index is 515. The minimum absolute atomic E-state index is 0.109. The molecular formula is C15H31N3O4S. The zero-order chi connectivity index (χ0) is 17.5. The molecule has 0 saturated carbocycles. The van der Waals surface area contributed by atoms with Gasteiger partial charge in [0, 0.05) is 45.3 Å². The largest absolute Gasteiger partial charge is 0.389 e. The molecule has 0 aliphatic carbocycles. The molecule has 1 N–H and O–H groups in total. The van der Waals surface area contributed by atoms with E-state index in [1.807, 2.05) is 20.8 Å². The highest BCUT2D eigenvalue weighted by Crippen LogP contribution is 2.24. The minimum atomic E-state index is -3.47. The van der Waals surface area contributed by atoms with Gasteiger partial charge < -0.3 is 9.84 Å². The maximum atomic E-state index is 13.0. The van der Waals surface area contributed by atoms with Crippen molar-refractivity contribution in [3.8, 4) is 0 Å². The van der Waals surface area contributed by atoms with Gasteiger partial charge >= 0.3 is 0 Å². The zero-order valence-electron chi connectivity index (χ0n) is 14.9. The Balaban J connectivity index is 2.04. The third-order valence-electron chi connectivity index (χ3n) is 4.27. The summed E-state index contributed by atoms with van der Waals surface area (Å²) in [7, 11) is -3.47. The third kappa shape index (κ3) is 4.87. The molecule has 2 rings (SSSR count). The average molecular weight is 349 g/mol. The molecule has 2 fully saturated rings. The molecular weight excluding hydrogens is 318 g/mol. The normalized spacial score (nSPS) is 28.9. The Hall–Kier alpha value is -0.250. The summed E-state index contributed by atoms with van der Waals surface area (Å²) in [5.41, 5.74) is -1.22. The van der Waals surface area contributed by atoms with Crippen LogP contribution in [0.5, 0.6) is 0 Å². The highest BCUT2D eigenvalue weighted by atomic mass is 32.2. The summed E-state index contributed by atoms with van der Waals surface area (Å²) in [6.45, 7) is 12.8. The van der Waals surface area contributed by atoms with E-state index in [-0.39, 0.29) is 6.04 Å². The van der Waals surface area contributed by atoms with E-state index < -0.39 is 21.4 Å². The van der Waals surface area contributed by atoms with Gasteiger partial charge in [-0.15, -0.1) is 0 Å². The fourth-order valence-electron chi connectivity index (χ4n) is 3.37. The van der Waals surface area contributed by atoms with Crippen LogP contribution in [0.15, 0.2) is 0 Å². The van der Waals surface area contributed by atoms with Crippen molar-refractivity contribution in [2.45, 2.75) is 51.9 Å². The summed E-state index contributed by atoms with van der Waals surface area (Å²) in [4.78, 5) is 2.12. The lowest BCUT2D eigenvalue weighted by molar-refractivity contribution is -0.0660. The van der Waals surface area contributed by atoms with E-state index in [1.54, 1.807) is 22.5 Å². The van der Waals surface area contributed by atoms with E-state index in [4.69, 9.17) is 4.74 Å². The van der Waals surface area contributed by atoms with Crippen molar-refractivity contribution in [3.63, 3.8) is 0 Å². The Morgan fingerprint density at radius 2 is 1.91 bits per heavy atom. The molecule has 2 saturated heterocycles. The average Bonchev–Trinajstić information content (AvgIpc) is 2.35. The maximum Gasteiger partial charge on any atom is 0.282 e. The van der Waals surface area contributed by atoms with Crippen molar-refractivity contribution in [2.75, 3.05) is 45.9 Å². The lowest BCUT2D eigenvalue weighted by Crippen LogP contribution is -2.61. The van der Waals surface area contributed by atoms with Crippen LogP contribution in [-0.2, 0) is 14.9 Å². The summed E-state index contributed by atoms with van der Waals surface area (Å²) in [6.07, 6.45) is 0. The monoisotopic (exact) mass is 349 g/mol. The fraction of sp³-hybridized carbons (Fsp3) is 1.00. The number of aliphatic hydroxyl groups is 1. The van der Waals surface area contributed by atoms with Crippen molar-refractivity contribution in [1.82, 2.24) is 13.5 Å². The second-order valence-electron chi connectivity index (χ2n) is 7.96. The minimum Gasteiger partial charge on any atom is -0.389 e. The molecule has 0 radical (unpaired) electrons. The number of piperazine rings is 1. The Kier molecular flexibility index (Phi) is 5.45. The highest BCUT2D eigenvalue weighted by molar-refractivity contribution is 7.86. The van der Waals surface area contributed by atoms with Crippen molar-refractivity contribution >= 4 is 10.2 Å². The van der Waals surface area contributed by atoms with Crippen LogP contribution < -0.4 is 0 Å². The molecule has 2 aliphatic heterocycles. The molecule has 23 heavy (non-hydrogen) atoms. The van der Waals surface area contributed by atoms with E-state index >= 15 is 0 Å². The molecule has 0 spiro atoms.